The Bertz CT molecular complexity index is 602. The molecule has 21 heavy (non-hydrogen) atoms. The Hall–Kier alpha value is -2.16. The van der Waals surface area contributed by atoms with Crippen LogP contribution in [0.1, 0.15) is 36.1 Å². The van der Waals surface area contributed by atoms with Crippen molar-refractivity contribution in [1.29, 1.82) is 5.41 Å². The Labute approximate surface area is 127 Å². The van der Waals surface area contributed by atoms with Crippen LogP contribution in [-0.2, 0) is 13.0 Å². The highest BCUT2D eigenvalue weighted by Gasteiger charge is 2.19. The summed E-state index contributed by atoms with van der Waals surface area (Å²) in [5.41, 5.74) is 4.82. The molecule has 0 amide bonds. The minimum atomic E-state index is 0.606. The molecule has 0 atom stereocenters. The molecule has 1 aliphatic rings. The molecule has 0 radical (unpaired) electrons. The number of benzene rings is 1. The number of aryl methyl sites for hydroxylation is 1. The third kappa shape index (κ3) is 3.48. The highest BCUT2D eigenvalue weighted by molar-refractivity contribution is 5.96. The van der Waals surface area contributed by atoms with Crippen LogP contribution in [0.2, 0.25) is 0 Å². The molecule has 0 bridgehead atoms. The van der Waals surface area contributed by atoms with Gasteiger partial charge in [0.25, 0.3) is 0 Å². The monoisotopic (exact) mass is 281 g/mol. The van der Waals surface area contributed by atoms with Crippen molar-refractivity contribution in [2.75, 3.05) is 6.54 Å². The molecule has 0 saturated carbocycles. The van der Waals surface area contributed by atoms with Gasteiger partial charge in [-0.1, -0.05) is 43.7 Å². The van der Waals surface area contributed by atoms with Gasteiger partial charge in [-0.3, -0.25) is 10.4 Å². The van der Waals surface area contributed by atoms with Crippen LogP contribution < -0.4 is 0 Å². The third-order valence-electron chi connectivity index (χ3n) is 3.66. The van der Waals surface area contributed by atoms with Crippen LogP contribution >= 0.6 is 0 Å². The molecule has 0 unspecified atom stereocenters. The second-order valence-corrected chi connectivity index (χ2v) is 5.03. The molecule has 1 aliphatic heterocycles. The summed E-state index contributed by atoms with van der Waals surface area (Å²) in [4.78, 5) is 6.30. The minimum absolute atomic E-state index is 0.606. The number of hydrogen-bond acceptors (Lipinski definition) is 2. The zero-order chi connectivity index (χ0) is 15.2. The van der Waals surface area contributed by atoms with E-state index in [0.29, 0.717) is 5.84 Å². The molecule has 0 spiro atoms. The van der Waals surface area contributed by atoms with Crippen molar-refractivity contribution in [3.8, 4) is 0 Å². The van der Waals surface area contributed by atoms with Crippen molar-refractivity contribution in [3.63, 3.8) is 0 Å². The van der Waals surface area contributed by atoms with Gasteiger partial charge in [0, 0.05) is 31.0 Å². The average Bonchev–Trinajstić information content (AvgIpc) is 2.56. The highest BCUT2D eigenvalue weighted by atomic mass is 15.2. The standard InChI is InChI=1S/C16H17N3.C2H6/c1-12-2-4-14(5-3-12)16(17)19-9-7-13-6-8-18-10-15(13)11-19;1-2/h2-6,8,10,17H,7,9,11H2,1H3;1-2H3. The first kappa shape index (κ1) is 15.2. The van der Waals surface area contributed by atoms with Gasteiger partial charge in [0.05, 0.1) is 0 Å². The van der Waals surface area contributed by atoms with Crippen LogP contribution in [-0.4, -0.2) is 22.3 Å². The van der Waals surface area contributed by atoms with Gasteiger partial charge in [-0.15, -0.1) is 0 Å². The minimum Gasteiger partial charge on any atom is -0.352 e. The number of nitrogens with zero attached hydrogens (tertiary/aromatic N) is 2. The number of pyridine rings is 1. The van der Waals surface area contributed by atoms with E-state index in [1.165, 1.54) is 16.7 Å². The predicted molar refractivity (Wildman–Crippen MR) is 87.7 cm³/mol. The number of nitrogens with one attached hydrogen (secondary N) is 1. The lowest BCUT2D eigenvalue weighted by Gasteiger charge is -2.30. The van der Waals surface area contributed by atoms with Gasteiger partial charge in [-0.05, 0) is 30.5 Å². The van der Waals surface area contributed by atoms with E-state index in [0.717, 1.165) is 25.1 Å². The summed E-state index contributed by atoms with van der Waals surface area (Å²) in [6.45, 7) is 7.76. The van der Waals surface area contributed by atoms with Gasteiger partial charge in [0.15, 0.2) is 0 Å². The Kier molecular flexibility index (Phi) is 5.09. The first-order valence-electron chi connectivity index (χ1n) is 7.56. The Morgan fingerprint density at radius 2 is 1.81 bits per heavy atom. The van der Waals surface area contributed by atoms with Crippen molar-refractivity contribution >= 4 is 5.84 Å². The summed E-state index contributed by atoms with van der Waals surface area (Å²) < 4.78 is 0. The smallest absolute Gasteiger partial charge is 0.128 e. The molecule has 3 rings (SSSR count). The van der Waals surface area contributed by atoms with Crippen molar-refractivity contribution in [2.45, 2.75) is 33.7 Å². The zero-order valence-corrected chi connectivity index (χ0v) is 13.1. The Morgan fingerprint density at radius 3 is 2.52 bits per heavy atom. The second kappa shape index (κ2) is 7.02. The van der Waals surface area contributed by atoms with Crippen molar-refractivity contribution in [3.05, 3.63) is 65.0 Å². The van der Waals surface area contributed by atoms with E-state index in [1.807, 2.05) is 38.4 Å². The Morgan fingerprint density at radius 1 is 1.10 bits per heavy atom. The van der Waals surface area contributed by atoms with E-state index >= 15 is 0 Å². The molecule has 2 heterocycles. The first-order valence-corrected chi connectivity index (χ1v) is 7.56. The first-order chi connectivity index (χ1) is 10.2. The van der Waals surface area contributed by atoms with E-state index < -0.39 is 0 Å². The summed E-state index contributed by atoms with van der Waals surface area (Å²) in [5, 5.41) is 8.34. The topological polar surface area (TPSA) is 40.0 Å². The summed E-state index contributed by atoms with van der Waals surface area (Å²) >= 11 is 0. The lowest BCUT2D eigenvalue weighted by molar-refractivity contribution is 0.391. The van der Waals surface area contributed by atoms with Crippen molar-refractivity contribution in [1.82, 2.24) is 9.88 Å². The van der Waals surface area contributed by atoms with Gasteiger partial charge < -0.3 is 4.90 Å². The molecular formula is C18H23N3. The van der Waals surface area contributed by atoms with Crippen LogP contribution in [0.5, 0.6) is 0 Å². The molecule has 3 nitrogen and oxygen atoms in total. The number of amidine groups is 1. The van der Waals surface area contributed by atoms with Crippen LogP contribution in [0.15, 0.2) is 42.7 Å². The fourth-order valence-corrected chi connectivity index (χ4v) is 2.47. The molecule has 1 aromatic carbocycles. The lowest BCUT2D eigenvalue weighted by atomic mass is 10.0. The van der Waals surface area contributed by atoms with E-state index in [9.17, 15) is 0 Å². The number of rotatable bonds is 1. The van der Waals surface area contributed by atoms with E-state index in [2.05, 4.69) is 35.0 Å². The van der Waals surface area contributed by atoms with Gasteiger partial charge in [-0.25, -0.2) is 0 Å². The summed E-state index contributed by atoms with van der Waals surface area (Å²) in [6, 6.07) is 10.3. The average molecular weight is 281 g/mol. The van der Waals surface area contributed by atoms with Crippen molar-refractivity contribution in [2.24, 2.45) is 0 Å². The quantitative estimate of drug-likeness (QED) is 0.638. The molecule has 1 N–H and O–H groups in total. The third-order valence-corrected chi connectivity index (χ3v) is 3.66. The molecular weight excluding hydrogens is 258 g/mol. The fourth-order valence-electron chi connectivity index (χ4n) is 2.47. The van der Waals surface area contributed by atoms with Gasteiger partial charge >= 0.3 is 0 Å². The maximum atomic E-state index is 8.34. The van der Waals surface area contributed by atoms with E-state index in [4.69, 9.17) is 5.41 Å². The summed E-state index contributed by atoms with van der Waals surface area (Å²) in [7, 11) is 0. The summed E-state index contributed by atoms with van der Waals surface area (Å²) in [6.07, 6.45) is 4.76. The maximum absolute atomic E-state index is 8.34. The maximum Gasteiger partial charge on any atom is 0.128 e. The van der Waals surface area contributed by atoms with E-state index in [1.54, 1.807) is 0 Å². The summed E-state index contributed by atoms with van der Waals surface area (Å²) in [5.74, 6) is 0.606. The van der Waals surface area contributed by atoms with Crippen LogP contribution in [0.4, 0.5) is 0 Å². The van der Waals surface area contributed by atoms with Gasteiger partial charge in [0.2, 0.25) is 0 Å². The van der Waals surface area contributed by atoms with Crippen molar-refractivity contribution < 1.29 is 0 Å². The molecule has 3 heteroatoms. The lowest BCUT2D eigenvalue weighted by Crippen LogP contribution is -2.36. The molecule has 2 aromatic rings. The zero-order valence-electron chi connectivity index (χ0n) is 13.1. The fraction of sp³-hybridized carbons (Fsp3) is 0.333. The SMILES string of the molecule is CC.Cc1ccc(C(=N)N2CCc3ccncc3C2)cc1. The number of aromatic nitrogens is 1. The van der Waals surface area contributed by atoms with Crippen LogP contribution in [0.3, 0.4) is 0 Å². The predicted octanol–water partition coefficient (Wildman–Crippen LogP) is 3.80. The van der Waals surface area contributed by atoms with Gasteiger partial charge in [0.1, 0.15) is 5.84 Å². The van der Waals surface area contributed by atoms with Gasteiger partial charge in [-0.2, -0.15) is 0 Å². The van der Waals surface area contributed by atoms with Crippen LogP contribution in [0.25, 0.3) is 0 Å². The van der Waals surface area contributed by atoms with E-state index in [-0.39, 0.29) is 0 Å². The van der Waals surface area contributed by atoms with Crippen LogP contribution in [0, 0.1) is 12.3 Å². The normalized spacial score (nSPS) is 13.0. The Balaban J connectivity index is 0.000000774. The number of fused-ring (bicyclic) bond motifs is 1. The number of hydrogen-bond donors (Lipinski definition) is 1. The molecule has 1 aromatic heterocycles. The molecule has 0 aliphatic carbocycles. The molecule has 0 saturated heterocycles. The molecule has 110 valence electrons. The molecule has 0 fully saturated rings. The second-order valence-electron chi connectivity index (χ2n) is 5.03. The largest absolute Gasteiger partial charge is 0.352 e. The highest BCUT2D eigenvalue weighted by Crippen LogP contribution is 2.19.